The van der Waals surface area contributed by atoms with E-state index in [2.05, 4.69) is 0 Å². The van der Waals surface area contributed by atoms with Gasteiger partial charge in [-0.05, 0) is 19.1 Å². The van der Waals surface area contributed by atoms with Crippen LogP contribution in [-0.4, -0.2) is 10.9 Å². The summed E-state index contributed by atoms with van der Waals surface area (Å²) in [5.41, 5.74) is 4.71. The lowest BCUT2D eigenvalue weighted by Gasteiger charge is -2.05. The molecule has 16 heavy (non-hydrogen) atoms. The van der Waals surface area contributed by atoms with Crippen LogP contribution in [0.25, 0.3) is 11.0 Å². The SMILES string of the molecule is CC(=O)c1c(N)c2cccc(O)c2oc1=O. The van der Waals surface area contributed by atoms with Crippen molar-refractivity contribution in [2.45, 2.75) is 6.92 Å². The molecule has 3 N–H and O–H groups in total. The van der Waals surface area contributed by atoms with Gasteiger partial charge < -0.3 is 15.3 Å². The third-order valence-electron chi connectivity index (χ3n) is 2.30. The van der Waals surface area contributed by atoms with E-state index in [-0.39, 0.29) is 22.6 Å². The third kappa shape index (κ3) is 1.33. The number of phenols is 1. The molecule has 2 aromatic rings. The molecule has 5 heteroatoms. The molecule has 82 valence electrons. The van der Waals surface area contributed by atoms with Crippen LogP contribution < -0.4 is 11.4 Å². The van der Waals surface area contributed by atoms with Crippen LogP contribution in [0.15, 0.2) is 27.4 Å². The summed E-state index contributed by atoms with van der Waals surface area (Å²) in [5.74, 6) is -0.645. The average Bonchev–Trinajstić information content (AvgIpc) is 2.19. The van der Waals surface area contributed by atoms with E-state index in [4.69, 9.17) is 10.2 Å². The van der Waals surface area contributed by atoms with Gasteiger partial charge >= 0.3 is 5.63 Å². The summed E-state index contributed by atoms with van der Waals surface area (Å²) in [6.07, 6.45) is 0. The maximum atomic E-state index is 11.5. The molecular formula is C11H9NO4. The number of para-hydroxylation sites is 1. The smallest absolute Gasteiger partial charge is 0.349 e. The van der Waals surface area contributed by atoms with Crippen molar-refractivity contribution in [3.05, 3.63) is 34.2 Å². The second-order valence-electron chi connectivity index (χ2n) is 3.39. The van der Waals surface area contributed by atoms with E-state index >= 15 is 0 Å². The van der Waals surface area contributed by atoms with E-state index in [0.717, 1.165) is 0 Å². The second-order valence-corrected chi connectivity index (χ2v) is 3.39. The predicted octanol–water partition coefficient (Wildman–Crippen LogP) is 1.28. The number of ketones is 1. The van der Waals surface area contributed by atoms with Gasteiger partial charge in [0.2, 0.25) is 0 Å². The predicted molar refractivity (Wildman–Crippen MR) is 58.6 cm³/mol. The molecule has 0 fully saturated rings. The number of nitrogens with two attached hydrogens (primary N) is 1. The first-order valence-electron chi connectivity index (χ1n) is 4.57. The Labute approximate surface area is 90.1 Å². The summed E-state index contributed by atoms with van der Waals surface area (Å²) >= 11 is 0. The maximum absolute atomic E-state index is 11.5. The molecule has 0 aliphatic carbocycles. The van der Waals surface area contributed by atoms with E-state index in [1.54, 1.807) is 12.1 Å². The lowest BCUT2D eigenvalue weighted by molar-refractivity contribution is 0.101. The van der Waals surface area contributed by atoms with Gasteiger partial charge in [0, 0.05) is 5.39 Å². The van der Waals surface area contributed by atoms with Crippen molar-refractivity contribution < 1.29 is 14.3 Å². The number of rotatable bonds is 1. The lowest BCUT2D eigenvalue weighted by atomic mass is 10.1. The molecule has 0 aliphatic rings. The van der Waals surface area contributed by atoms with Gasteiger partial charge in [0.25, 0.3) is 0 Å². The van der Waals surface area contributed by atoms with Gasteiger partial charge in [-0.1, -0.05) is 6.07 Å². The number of benzene rings is 1. The van der Waals surface area contributed by atoms with Crippen molar-refractivity contribution in [1.29, 1.82) is 0 Å². The molecule has 0 aliphatic heterocycles. The number of phenolic OH excluding ortho intramolecular Hbond substituents is 1. The first-order valence-corrected chi connectivity index (χ1v) is 4.57. The molecule has 1 heterocycles. The van der Waals surface area contributed by atoms with Crippen molar-refractivity contribution >= 4 is 22.4 Å². The number of aromatic hydroxyl groups is 1. The molecule has 0 unspecified atom stereocenters. The van der Waals surface area contributed by atoms with Gasteiger partial charge in [-0.15, -0.1) is 0 Å². The highest BCUT2D eigenvalue weighted by molar-refractivity contribution is 6.06. The monoisotopic (exact) mass is 219 g/mol. The first-order chi connectivity index (χ1) is 7.52. The lowest BCUT2D eigenvalue weighted by Crippen LogP contribution is -2.15. The summed E-state index contributed by atoms with van der Waals surface area (Å²) in [6, 6.07) is 4.50. The minimum atomic E-state index is -0.834. The van der Waals surface area contributed by atoms with Crippen LogP contribution in [0, 0.1) is 0 Å². The van der Waals surface area contributed by atoms with Gasteiger partial charge in [-0.25, -0.2) is 4.79 Å². The van der Waals surface area contributed by atoms with Crippen LogP contribution in [0.3, 0.4) is 0 Å². The molecule has 1 aromatic carbocycles. The van der Waals surface area contributed by atoms with E-state index < -0.39 is 11.4 Å². The van der Waals surface area contributed by atoms with Gasteiger partial charge in [0.15, 0.2) is 17.1 Å². The minimum Gasteiger partial charge on any atom is -0.504 e. The highest BCUT2D eigenvalue weighted by Crippen LogP contribution is 2.28. The summed E-state index contributed by atoms with van der Waals surface area (Å²) in [6.45, 7) is 1.23. The number of fused-ring (bicyclic) bond motifs is 1. The van der Waals surface area contributed by atoms with E-state index in [9.17, 15) is 14.7 Å². The normalized spacial score (nSPS) is 10.6. The Morgan fingerprint density at radius 3 is 2.75 bits per heavy atom. The molecule has 1 aromatic heterocycles. The maximum Gasteiger partial charge on any atom is 0.349 e. The molecule has 2 rings (SSSR count). The number of carbonyl (C=O) groups excluding carboxylic acids is 1. The van der Waals surface area contributed by atoms with Crippen LogP contribution in [0.2, 0.25) is 0 Å². The number of anilines is 1. The summed E-state index contributed by atoms with van der Waals surface area (Å²) in [4.78, 5) is 22.7. The zero-order valence-electron chi connectivity index (χ0n) is 8.48. The first kappa shape index (κ1) is 10.2. The van der Waals surface area contributed by atoms with Crippen LogP contribution >= 0.6 is 0 Å². The zero-order valence-corrected chi connectivity index (χ0v) is 8.48. The highest BCUT2D eigenvalue weighted by Gasteiger charge is 2.17. The van der Waals surface area contributed by atoms with Crippen LogP contribution in [0.4, 0.5) is 5.69 Å². The fraction of sp³-hybridized carbons (Fsp3) is 0.0909. The summed E-state index contributed by atoms with van der Waals surface area (Å²) in [7, 11) is 0. The Bertz CT molecular complexity index is 642. The van der Waals surface area contributed by atoms with E-state index in [0.29, 0.717) is 5.39 Å². The largest absolute Gasteiger partial charge is 0.504 e. The van der Waals surface area contributed by atoms with Gasteiger partial charge in [-0.3, -0.25) is 4.79 Å². The Balaban J connectivity index is 3.01. The van der Waals surface area contributed by atoms with Crippen LogP contribution in [0.1, 0.15) is 17.3 Å². The Morgan fingerprint density at radius 1 is 1.44 bits per heavy atom. The average molecular weight is 219 g/mol. The third-order valence-corrected chi connectivity index (χ3v) is 2.30. The fourth-order valence-electron chi connectivity index (χ4n) is 1.57. The van der Waals surface area contributed by atoms with E-state index in [1.165, 1.54) is 13.0 Å². The Morgan fingerprint density at radius 2 is 2.12 bits per heavy atom. The molecule has 0 bridgehead atoms. The summed E-state index contributed by atoms with van der Waals surface area (Å²) in [5, 5.41) is 9.83. The molecular weight excluding hydrogens is 210 g/mol. The van der Waals surface area contributed by atoms with Crippen molar-refractivity contribution in [3.63, 3.8) is 0 Å². The van der Waals surface area contributed by atoms with Crippen molar-refractivity contribution in [2.75, 3.05) is 5.73 Å². The number of nitrogen functional groups attached to an aromatic ring is 1. The molecule has 0 radical (unpaired) electrons. The molecule has 0 saturated heterocycles. The summed E-state index contributed by atoms with van der Waals surface area (Å²) < 4.78 is 4.86. The van der Waals surface area contributed by atoms with Gasteiger partial charge in [-0.2, -0.15) is 0 Å². The topological polar surface area (TPSA) is 93.5 Å². The van der Waals surface area contributed by atoms with Crippen LogP contribution in [-0.2, 0) is 0 Å². The minimum absolute atomic E-state index is 0.00463. The number of carbonyl (C=O) groups is 1. The van der Waals surface area contributed by atoms with Gasteiger partial charge in [0.1, 0.15) is 5.56 Å². The second kappa shape index (κ2) is 3.37. The quantitative estimate of drug-likeness (QED) is 0.556. The number of hydrogen-bond donors (Lipinski definition) is 2. The van der Waals surface area contributed by atoms with Crippen molar-refractivity contribution in [2.24, 2.45) is 0 Å². The Hall–Kier alpha value is -2.30. The molecule has 0 saturated carbocycles. The Kier molecular flexibility index (Phi) is 2.16. The van der Waals surface area contributed by atoms with Crippen molar-refractivity contribution in [3.8, 4) is 5.75 Å². The van der Waals surface area contributed by atoms with E-state index in [1.807, 2.05) is 0 Å². The van der Waals surface area contributed by atoms with Crippen LogP contribution in [0.5, 0.6) is 5.75 Å². The standard InChI is InChI=1S/C11H9NO4/c1-5(13)8-9(12)6-3-2-4-7(14)10(6)16-11(8)15/h2-4,14H,12H2,1H3. The molecule has 0 atom stereocenters. The van der Waals surface area contributed by atoms with Crippen molar-refractivity contribution in [1.82, 2.24) is 0 Å². The molecule has 5 nitrogen and oxygen atoms in total. The number of hydrogen-bond acceptors (Lipinski definition) is 5. The molecule has 0 amide bonds. The zero-order chi connectivity index (χ0) is 11.9. The van der Waals surface area contributed by atoms with Gasteiger partial charge in [0.05, 0.1) is 5.69 Å². The fourth-order valence-corrected chi connectivity index (χ4v) is 1.57. The highest BCUT2D eigenvalue weighted by atomic mass is 16.4. The molecule has 0 spiro atoms. The number of Topliss-reactive ketones (excluding diaryl/α,β-unsaturated/α-hetero) is 1.